The van der Waals surface area contributed by atoms with E-state index in [9.17, 15) is 0 Å². The molecule has 0 spiro atoms. The van der Waals surface area contributed by atoms with Gasteiger partial charge in [-0.1, -0.05) is 41.9 Å². The maximum absolute atomic E-state index is 6.09. The molecule has 21 heavy (non-hydrogen) atoms. The molecular formula is C17H13BrClNO. The Kier molecular flexibility index (Phi) is 4.32. The molecule has 2 aromatic carbocycles. The van der Waals surface area contributed by atoms with Gasteiger partial charge in [0.05, 0.1) is 12.0 Å². The Morgan fingerprint density at radius 1 is 1.00 bits per heavy atom. The topological polar surface area (TPSA) is 25.2 Å². The molecule has 0 amide bonds. The Morgan fingerprint density at radius 2 is 1.81 bits per heavy atom. The molecule has 0 saturated carbocycles. The molecule has 1 atom stereocenters. The second-order valence-electron chi connectivity index (χ2n) is 4.63. The molecule has 1 unspecified atom stereocenters. The molecule has 2 nitrogen and oxygen atoms in total. The second-order valence-corrected chi connectivity index (χ2v) is 5.92. The lowest BCUT2D eigenvalue weighted by atomic mass is 10.0. The Hall–Kier alpha value is -1.71. The van der Waals surface area contributed by atoms with Crippen molar-refractivity contribution in [1.82, 2.24) is 0 Å². The molecule has 106 valence electrons. The molecule has 3 rings (SSSR count). The molecular weight excluding hydrogens is 350 g/mol. The molecule has 0 aliphatic carbocycles. The van der Waals surface area contributed by atoms with Crippen LogP contribution in [0.3, 0.4) is 0 Å². The molecule has 1 N–H and O–H groups in total. The Morgan fingerprint density at radius 3 is 2.52 bits per heavy atom. The van der Waals surface area contributed by atoms with Crippen LogP contribution in [0.4, 0.5) is 5.69 Å². The molecule has 0 saturated heterocycles. The van der Waals surface area contributed by atoms with Crippen molar-refractivity contribution in [2.45, 2.75) is 6.04 Å². The maximum Gasteiger partial charge on any atom is 0.130 e. The number of anilines is 1. The molecule has 0 radical (unpaired) electrons. The molecule has 3 aromatic rings. The smallest absolute Gasteiger partial charge is 0.130 e. The summed E-state index contributed by atoms with van der Waals surface area (Å²) in [6.07, 6.45) is 1.68. The predicted molar refractivity (Wildman–Crippen MR) is 89.8 cm³/mol. The fourth-order valence-electron chi connectivity index (χ4n) is 2.18. The lowest BCUT2D eigenvalue weighted by molar-refractivity contribution is 0.499. The summed E-state index contributed by atoms with van der Waals surface area (Å²) in [5, 5.41) is 4.17. The fourth-order valence-corrected chi connectivity index (χ4v) is 2.72. The lowest BCUT2D eigenvalue weighted by Crippen LogP contribution is -2.11. The van der Waals surface area contributed by atoms with Gasteiger partial charge in [-0.05, 0) is 51.8 Å². The second kappa shape index (κ2) is 6.37. The van der Waals surface area contributed by atoms with E-state index in [1.165, 1.54) is 0 Å². The quantitative estimate of drug-likeness (QED) is 0.625. The standard InChI is InChI=1S/C17H13BrClNO/c18-14-9-8-13(19)11-15(14)20-17(16-7-4-10-21-16)12-5-2-1-3-6-12/h1-11,17,20H. The van der Waals surface area contributed by atoms with Crippen molar-refractivity contribution < 1.29 is 4.42 Å². The average Bonchev–Trinajstić information content (AvgIpc) is 3.03. The van der Waals surface area contributed by atoms with Crippen LogP contribution >= 0.6 is 27.5 Å². The third kappa shape index (κ3) is 3.31. The van der Waals surface area contributed by atoms with Gasteiger partial charge in [-0.15, -0.1) is 0 Å². The van der Waals surface area contributed by atoms with E-state index in [1.807, 2.05) is 48.5 Å². The van der Waals surface area contributed by atoms with Gasteiger partial charge in [-0.2, -0.15) is 0 Å². The molecule has 1 heterocycles. The minimum Gasteiger partial charge on any atom is -0.467 e. The van der Waals surface area contributed by atoms with Gasteiger partial charge in [-0.3, -0.25) is 0 Å². The van der Waals surface area contributed by atoms with Crippen LogP contribution in [0.25, 0.3) is 0 Å². The normalized spacial score (nSPS) is 12.1. The van der Waals surface area contributed by atoms with Crippen molar-refractivity contribution in [3.05, 3.63) is 87.7 Å². The number of hydrogen-bond donors (Lipinski definition) is 1. The molecule has 4 heteroatoms. The molecule has 1 aromatic heterocycles. The SMILES string of the molecule is Clc1ccc(Br)c(NC(c2ccccc2)c2ccco2)c1. The van der Waals surface area contributed by atoms with E-state index in [1.54, 1.807) is 6.26 Å². The Bertz CT molecular complexity index is 713. The summed E-state index contributed by atoms with van der Waals surface area (Å²) in [5.41, 5.74) is 2.05. The van der Waals surface area contributed by atoms with Gasteiger partial charge in [0, 0.05) is 9.50 Å². The Labute approximate surface area is 136 Å². The highest BCUT2D eigenvalue weighted by Gasteiger charge is 2.17. The highest BCUT2D eigenvalue weighted by molar-refractivity contribution is 9.10. The third-order valence-electron chi connectivity index (χ3n) is 3.19. The van der Waals surface area contributed by atoms with Crippen molar-refractivity contribution in [1.29, 1.82) is 0 Å². The van der Waals surface area contributed by atoms with Crippen molar-refractivity contribution >= 4 is 33.2 Å². The minimum absolute atomic E-state index is 0.0732. The van der Waals surface area contributed by atoms with Crippen LogP contribution in [-0.2, 0) is 0 Å². The van der Waals surface area contributed by atoms with E-state index in [0.29, 0.717) is 5.02 Å². The number of halogens is 2. The van der Waals surface area contributed by atoms with Crippen molar-refractivity contribution in [3.63, 3.8) is 0 Å². The highest BCUT2D eigenvalue weighted by atomic mass is 79.9. The summed E-state index contributed by atoms with van der Waals surface area (Å²) in [6, 6.07) is 19.6. The number of rotatable bonds is 4. The number of nitrogens with one attached hydrogen (secondary N) is 1. The summed E-state index contributed by atoms with van der Waals surface area (Å²) in [6.45, 7) is 0. The summed E-state index contributed by atoms with van der Waals surface area (Å²) in [4.78, 5) is 0. The van der Waals surface area contributed by atoms with Gasteiger partial charge < -0.3 is 9.73 Å². The van der Waals surface area contributed by atoms with Gasteiger partial charge in [-0.25, -0.2) is 0 Å². The Balaban J connectivity index is 1.99. The summed E-state index contributed by atoms with van der Waals surface area (Å²) in [7, 11) is 0. The monoisotopic (exact) mass is 361 g/mol. The zero-order chi connectivity index (χ0) is 14.7. The first-order chi connectivity index (χ1) is 10.2. The van der Waals surface area contributed by atoms with E-state index in [-0.39, 0.29) is 6.04 Å². The third-order valence-corrected chi connectivity index (χ3v) is 4.12. The summed E-state index contributed by atoms with van der Waals surface area (Å²) in [5.74, 6) is 0.855. The zero-order valence-electron chi connectivity index (χ0n) is 11.1. The van der Waals surface area contributed by atoms with Crippen molar-refractivity contribution in [2.24, 2.45) is 0 Å². The van der Waals surface area contributed by atoms with E-state index in [0.717, 1.165) is 21.5 Å². The molecule has 0 aliphatic heterocycles. The maximum atomic E-state index is 6.09. The molecule has 0 fully saturated rings. The number of furan rings is 1. The van der Waals surface area contributed by atoms with Crippen molar-refractivity contribution in [3.8, 4) is 0 Å². The van der Waals surface area contributed by atoms with Crippen LogP contribution in [0.2, 0.25) is 5.02 Å². The highest BCUT2D eigenvalue weighted by Crippen LogP contribution is 2.32. The van der Waals surface area contributed by atoms with E-state index in [4.69, 9.17) is 16.0 Å². The summed E-state index contributed by atoms with van der Waals surface area (Å²) < 4.78 is 6.54. The number of benzene rings is 2. The first-order valence-electron chi connectivity index (χ1n) is 6.54. The van der Waals surface area contributed by atoms with Crippen LogP contribution < -0.4 is 5.32 Å². The van der Waals surface area contributed by atoms with E-state index in [2.05, 4.69) is 33.4 Å². The van der Waals surface area contributed by atoms with Crippen molar-refractivity contribution in [2.75, 3.05) is 5.32 Å². The lowest BCUT2D eigenvalue weighted by Gasteiger charge is -2.19. The predicted octanol–water partition coefficient (Wildman–Crippen LogP) is 5.90. The largest absolute Gasteiger partial charge is 0.467 e. The van der Waals surface area contributed by atoms with Gasteiger partial charge >= 0.3 is 0 Å². The minimum atomic E-state index is -0.0732. The zero-order valence-corrected chi connectivity index (χ0v) is 13.4. The van der Waals surface area contributed by atoms with Crippen LogP contribution in [0.15, 0.2) is 75.8 Å². The molecule has 0 bridgehead atoms. The van der Waals surface area contributed by atoms with E-state index >= 15 is 0 Å². The summed E-state index contributed by atoms with van der Waals surface area (Å²) >= 11 is 9.63. The number of hydrogen-bond acceptors (Lipinski definition) is 2. The average molecular weight is 363 g/mol. The first-order valence-corrected chi connectivity index (χ1v) is 7.71. The van der Waals surface area contributed by atoms with Crippen LogP contribution in [0.1, 0.15) is 17.4 Å². The molecule has 0 aliphatic rings. The van der Waals surface area contributed by atoms with Crippen LogP contribution in [-0.4, -0.2) is 0 Å². The van der Waals surface area contributed by atoms with Crippen LogP contribution in [0, 0.1) is 0 Å². The van der Waals surface area contributed by atoms with Gasteiger partial charge in [0.15, 0.2) is 0 Å². The van der Waals surface area contributed by atoms with Gasteiger partial charge in [0.1, 0.15) is 11.8 Å². The van der Waals surface area contributed by atoms with Crippen LogP contribution in [0.5, 0.6) is 0 Å². The van der Waals surface area contributed by atoms with Gasteiger partial charge in [0.2, 0.25) is 0 Å². The van der Waals surface area contributed by atoms with E-state index < -0.39 is 0 Å². The van der Waals surface area contributed by atoms with Gasteiger partial charge in [0.25, 0.3) is 0 Å². The first kappa shape index (κ1) is 14.2. The fraction of sp³-hybridized carbons (Fsp3) is 0.0588.